The molecule has 3 aromatic carbocycles. The molecule has 0 fully saturated rings. The zero-order valence-corrected chi connectivity index (χ0v) is 19.4. The number of allylic oxidation sites excluding steroid dienone is 1. The standard InChI is InChI=1S/C28H30FNO2/c1-18-7-6-8-20(13-18)16-32-17-24-22(23-10-9-21(29)14-26(23)31-5)11-12-25-27(24)19(2)15-28(3,4)30-25/h6-15,30H,16-17H2,1-5H3. The van der Waals surface area contributed by atoms with Crippen LogP contribution in [0, 0.1) is 12.7 Å². The van der Waals surface area contributed by atoms with Gasteiger partial charge in [0.2, 0.25) is 0 Å². The number of benzene rings is 3. The highest BCUT2D eigenvalue weighted by Gasteiger charge is 2.26. The predicted molar refractivity (Wildman–Crippen MR) is 129 cm³/mol. The van der Waals surface area contributed by atoms with E-state index in [1.54, 1.807) is 13.2 Å². The molecular weight excluding hydrogens is 401 g/mol. The molecule has 166 valence electrons. The van der Waals surface area contributed by atoms with Crippen molar-refractivity contribution >= 4 is 11.3 Å². The summed E-state index contributed by atoms with van der Waals surface area (Å²) in [7, 11) is 1.57. The van der Waals surface area contributed by atoms with Crippen molar-refractivity contribution in [3.05, 3.63) is 88.7 Å². The average molecular weight is 432 g/mol. The lowest BCUT2D eigenvalue weighted by atomic mass is 9.85. The van der Waals surface area contributed by atoms with Crippen LogP contribution >= 0.6 is 0 Å². The summed E-state index contributed by atoms with van der Waals surface area (Å²) < 4.78 is 25.6. The maximum atomic E-state index is 13.9. The monoisotopic (exact) mass is 431 g/mol. The summed E-state index contributed by atoms with van der Waals surface area (Å²) in [6.07, 6.45) is 2.24. The molecule has 32 heavy (non-hydrogen) atoms. The fourth-order valence-electron chi connectivity index (χ4n) is 4.56. The van der Waals surface area contributed by atoms with Crippen molar-refractivity contribution in [2.24, 2.45) is 0 Å². The first-order valence-electron chi connectivity index (χ1n) is 10.9. The Kier molecular flexibility index (Phi) is 6.07. The first-order chi connectivity index (χ1) is 15.3. The van der Waals surface area contributed by atoms with Gasteiger partial charge < -0.3 is 14.8 Å². The molecule has 0 bridgehead atoms. The van der Waals surface area contributed by atoms with Gasteiger partial charge in [0, 0.05) is 22.9 Å². The molecule has 0 saturated carbocycles. The number of methoxy groups -OCH3 is 1. The first kappa shape index (κ1) is 22.1. The summed E-state index contributed by atoms with van der Waals surface area (Å²) in [6, 6.07) is 17.2. The molecule has 0 aliphatic carbocycles. The van der Waals surface area contributed by atoms with E-state index in [-0.39, 0.29) is 11.4 Å². The second-order valence-electron chi connectivity index (χ2n) is 9.01. The summed E-state index contributed by atoms with van der Waals surface area (Å²) in [6.45, 7) is 9.48. The van der Waals surface area contributed by atoms with Crippen LogP contribution in [0.15, 0.2) is 60.7 Å². The summed E-state index contributed by atoms with van der Waals surface area (Å²) in [5.74, 6) is 0.191. The number of hydrogen-bond acceptors (Lipinski definition) is 3. The van der Waals surface area contributed by atoms with Gasteiger partial charge in [-0.05, 0) is 68.2 Å². The highest BCUT2D eigenvalue weighted by Crippen LogP contribution is 2.42. The molecule has 0 atom stereocenters. The number of nitrogens with one attached hydrogen (secondary N) is 1. The van der Waals surface area contributed by atoms with Crippen LogP contribution in [0.5, 0.6) is 5.75 Å². The summed E-state index contributed by atoms with van der Waals surface area (Å²) in [5.41, 5.74) is 8.53. The summed E-state index contributed by atoms with van der Waals surface area (Å²) in [4.78, 5) is 0. The molecule has 1 N–H and O–H groups in total. The van der Waals surface area contributed by atoms with E-state index in [1.807, 2.05) is 6.07 Å². The van der Waals surface area contributed by atoms with Gasteiger partial charge in [-0.1, -0.05) is 42.0 Å². The third-order valence-corrected chi connectivity index (χ3v) is 5.79. The van der Waals surface area contributed by atoms with E-state index >= 15 is 0 Å². The Morgan fingerprint density at radius 3 is 2.47 bits per heavy atom. The first-order valence-corrected chi connectivity index (χ1v) is 10.9. The largest absolute Gasteiger partial charge is 0.496 e. The minimum absolute atomic E-state index is 0.133. The minimum Gasteiger partial charge on any atom is -0.496 e. The van der Waals surface area contributed by atoms with Gasteiger partial charge in [-0.15, -0.1) is 0 Å². The lowest BCUT2D eigenvalue weighted by molar-refractivity contribution is 0.107. The number of anilines is 1. The van der Waals surface area contributed by atoms with Crippen LogP contribution in [0.3, 0.4) is 0 Å². The van der Waals surface area contributed by atoms with E-state index in [9.17, 15) is 4.39 Å². The molecule has 4 rings (SSSR count). The van der Waals surface area contributed by atoms with Crippen molar-refractivity contribution in [3.8, 4) is 16.9 Å². The van der Waals surface area contributed by atoms with Gasteiger partial charge >= 0.3 is 0 Å². The van der Waals surface area contributed by atoms with Gasteiger partial charge in [0.15, 0.2) is 0 Å². The lowest BCUT2D eigenvalue weighted by Crippen LogP contribution is -2.32. The Bertz CT molecular complexity index is 1180. The maximum Gasteiger partial charge on any atom is 0.129 e. The molecule has 4 heteroatoms. The fraction of sp³-hybridized carbons (Fsp3) is 0.286. The quantitative estimate of drug-likeness (QED) is 0.450. The molecule has 1 heterocycles. The highest BCUT2D eigenvalue weighted by atomic mass is 19.1. The van der Waals surface area contributed by atoms with Gasteiger partial charge in [-0.3, -0.25) is 0 Å². The van der Waals surface area contributed by atoms with E-state index in [0.717, 1.165) is 33.5 Å². The molecule has 0 saturated heterocycles. The molecule has 0 spiro atoms. The smallest absolute Gasteiger partial charge is 0.129 e. The number of halogens is 1. The van der Waals surface area contributed by atoms with Crippen molar-refractivity contribution in [3.63, 3.8) is 0 Å². The van der Waals surface area contributed by atoms with Crippen LogP contribution < -0.4 is 10.1 Å². The topological polar surface area (TPSA) is 30.5 Å². The van der Waals surface area contributed by atoms with E-state index in [4.69, 9.17) is 9.47 Å². The molecule has 0 unspecified atom stereocenters. The second kappa shape index (κ2) is 8.79. The Balaban J connectivity index is 1.78. The van der Waals surface area contributed by atoms with Gasteiger partial charge in [0.1, 0.15) is 11.6 Å². The third kappa shape index (κ3) is 4.56. The molecule has 1 aliphatic heterocycles. The fourth-order valence-corrected chi connectivity index (χ4v) is 4.56. The second-order valence-corrected chi connectivity index (χ2v) is 9.01. The predicted octanol–water partition coefficient (Wildman–Crippen LogP) is 7.13. The SMILES string of the molecule is COc1cc(F)ccc1-c1ccc2c(c1COCc1cccc(C)c1)C(C)=CC(C)(C)N2. The Hall–Kier alpha value is -3.11. The number of fused-ring (bicyclic) bond motifs is 1. The van der Waals surface area contributed by atoms with Gasteiger partial charge in [-0.25, -0.2) is 4.39 Å². The number of hydrogen-bond donors (Lipinski definition) is 1. The van der Waals surface area contributed by atoms with E-state index in [1.165, 1.54) is 23.3 Å². The Morgan fingerprint density at radius 1 is 0.938 bits per heavy atom. The highest BCUT2D eigenvalue weighted by molar-refractivity contribution is 5.88. The van der Waals surface area contributed by atoms with Crippen molar-refractivity contribution in [2.75, 3.05) is 12.4 Å². The average Bonchev–Trinajstić information content (AvgIpc) is 2.73. The molecule has 3 nitrogen and oxygen atoms in total. The van der Waals surface area contributed by atoms with Crippen LogP contribution in [-0.4, -0.2) is 12.6 Å². The van der Waals surface area contributed by atoms with E-state index in [2.05, 4.69) is 69.4 Å². The Morgan fingerprint density at radius 2 is 1.72 bits per heavy atom. The van der Waals surface area contributed by atoms with Crippen molar-refractivity contribution in [1.29, 1.82) is 0 Å². The molecule has 0 aromatic heterocycles. The molecule has 3 aromatic rings. The minimum atomic E-state index is -0.319. The van der Waals surface area contributed by atoms with Crippen molar-refractivity contribution in [1.82, 2.24) is 0 Å². The van der Waals surface area contributed by atoms with Gasteiger partial charge in [0.25, 0.3) is 0 Å². The van der Waals surface area contributed by atoms with Crippen LogP contribution in [-0.2, 0) is 18.0 Å². The van der Waals surface area contributed by atoms with E-state index in [0.29, 0.717) is 19.0 Å². The molecule has 0 amide bonds. The third-order valence-electron chi connectivity index (χ3n) is 5.79. The number of aryl methyl sites for hydroxylation is 1. The van der Waals surface area contributed by atoms with Gasteiger partial charge in [0.05, 0.1) is 25.9 Å². The van der Waals surface area contributed by atoms with Crippen LogP contribution in [0.2, 0.25) is 0 Å². The number of rotatable bonds is 6. The molecule has 1 aliphatic rings. The molecule has 0 radical (unpaired) electrons. The van der Waals surface area contributed by atoms with E-state index < -0.39 is 0 Å². The molecular formula is C28H30FNO2. The zero-order valence-electron chi connectivity index (χ0n) is 19.4. The van der Waals surface area contributed by atoms with Crippen LogP contribution in [0.25, 0.3) is 16.7 Å². The number of ether oxygens (including phenoxy) is 2. The maximum absolute atomic E-state index is 13.9. The van der Waals surface area contributed by atoms with Crippen molar-refractivity contribution in [2.45, 2.75) is 46.4 Å². The van der Waals surface area contributed by atoms with Crippen LogP contribution in [0.4, 0.5) is 10.1 Å². The zero-order chi connectivity index (χ0) is 22.9. The Labute approximate surface area is 189 Å². The van der Waals surface area contributed by atoms with Gasteiger partial charge in [-0.2, -0.15) is 0 Å². The lowest BCUT2D eigenvalue weighted by Gasteiger charge is -2.33. The normalized spacial score (nSPS) is 14.4. The summed E-state index contributed by atoms with van der Waals surface area (Å²) >= 11 is 0. The summed E-state index contributed by atoms with van der Waals surface area (Å²) in [5, 5.41) is 3.62. The van der Waals surface area contributed by atoms with Crippen LogP contribution in [0.1, 0.15) is 43.0 Å². The van der Waals surface area contributed by atoms with Crippen molar-refractivity contribution < 1.29 is 13.9 Å².